The number of nitrogens with one attached hydrogen (secondary N) is 1. The average molecular weight is 394 g/mol. The van der Waals surface area contributed by atoms with Gasteiger partial charge in [0.25, 0.3) is 0 Å². The summed E-state index contributed by atoms with van der Waals surface area (Å²) in [5.41, 5.74) is 1.01. The molecule has 0 atom stereocenters. The van der Waals surface area contributed by atoms with Gasteiger partial charge in [0.2, 0.25) is 5.91 Å². The molecule has 152 valence electrons. The smallest absolute Gasteiger partial charge is 0.220 e. The Hall–Kier alpha value is -1.22. The minimum Gasteiger partial charge on any atom is -0.494 e. The van der Waals surface area contributed by atoms with Crippen LogP contribution in [0.25, 0.3) is 0 Å². The zero-order valence-corrected chi connectivity index (χ0v) is 17.7. The molecule has 1 aromatic rings. The summed E-state index contributed by atoms with van der Waals surface area (Å²) in [7, 11) is 0. The van der Waals surface area contributed by atoms with Gasteiger partial charge in [-0.3, -0.25) is 4.79 Å². The molecule has 0 aromatic heterocycles. The van der Waals surface area contributed by atoms with Crippen LogP contribution >= 0.6 is 11.6 Å². The molecule has 0 bridgehead atoms. The first kappa shape index (κ1) is 22.1. The van der Waals surface area contributed by atoms with E-state index in [2.05, 4.69) is 5.32 Å². The monoisotopic (exact) mass is 393 g/mol. The van der Waals surface area contributed by atoms with E-state index in [-0.39, 0.29) is 5.91 Å². The van der Waals surface area contributed by atoms with Gasteiger partial charge in [-0.05, 0) is 49.9 Å². The number of carbonyl (C=O) groups is 1. The maximum atomic E-state index is 12.3. The lowest BCUT2D eigenvalue weighted by molar-refractivity contribution is -0.122. The standard InChI is InChI=1S/C23H36ClNO2/c1-19-18-21(15-16-22(19)24)27-17-11-14-23(26)25-20-12-9-7-5-3-2-4-6-8-10-13-20/h15-16,18,20H,2-14,17H2,1H3,(H,25,26). The molecule has 4 heteroatoms. The van der Waals surface area contributed by atoms with Gasteiger partial charge in [-0.1, -0.05) is 69.4 Å². The third-order valence-corrected chi connectivity index (χ3v) is 5.84. The summed E-state index contributed by atoms with van der Waals surface area (Å²) in [6.07, 6.45) is 15.5. The van der Waals surface area contributed by atoms with Crippen LogP contribution in [-0.4, -0.2) is 18.6 Å². The number of ether oxygens (including phenoxy) is 1. The highest BCUT2D eigenvalue weighted by Crippen LogP contribution is 2.21. The highest BCUT2D eigenvalue weighted by Gasteiger charge is 2.12. The molecule has 0 spiro atoms. The van der Waals surface area contributed by atoms with Gasteiger partial charge in [0, 0.05) is 17.5 Å². The molecule has 1 fully saturated rings. The maximum absolute atomic E-state index is 12.3. The van der Waals surface area contributed by atoms with Gasteiger partial charge in [-0.15, -0.1) is 0 Å². The van der Waals surface area contributed by atoms with E-state index in [0.717, 1.165) is 35.6 Å². The minimum atomic E-state index is 0.169. The molecular weight excluding hydrogens is 358 g/mol. The lowest BCUT2D eigenvalue weighted by atomic mass is 9.98. The van der Waals surface area contributed by atoms with Gasteiger partial charge in [-0.25, -0.2) is 0 Å². The van der Waals surface area contributed by atoms with Gasteiger partial charge in [0.05, 0.1) is 6.61 Å². The Labute approximate surface area is 170 Å². The van der Waals surface area contributed by atoms with Crippen LogP contribution in [0.1, 0.15) is 89.0 Å². The first-order chi connectivity index (χ1) is 13.1. The molecule has 1 saturated carbocycles. The van der Waals surface area contributed by atoms with Crippen molar-refractivity contribution in [2.24, 2.45) is 0 Å². The lowest BCUT2D eigenvalue weighted by Gasteiger charge is -2.19. The lowest BCUT2D eigenvalue weighted by Crippen LogP contribution is -2.35. The molecule has 0 heterocycles. The molecule has 0 unspecified atom stereocenters. The minimum absolute atomic E-state index is 0.169. The molecule has 1 amide bonds. The van der Waals surface area contributed by atoms with E-state index in [1.807, 2.05) is 25.1 Å². The van der Waals surface area contributed by atoms with Crippen molar-refractivity contribution in [2.75, 3.05) is 6.61 Å². The molecule has 27 heavy (non-hydrogen) atoms. The number of halogens is 1. The van der Waals surface area contributed by atoms with Crippen molar-refractivity contribution in [1.29, 1.82) is 0 Å². The molecule has 0 radical (unpaired) electrons. The molecule has 0 saturated heterocycles. The second-order valence-corrected chi connectivity index (χ2v) is 8.29. The van der Waals surface area contributed by atoms with Gasteiger partial charge < -0.3 is 10.1 Å². The Balaban J connectivity index is 1.65. The van der Waals surface area contributed by atoms with Crippen molar-refractivity contribution in [3.8, 4) is 5.75 Å². The van der Waals surface area contributed by atoms with Gasteiger partial charge in [0.1, 0.15) is 5.75 Å². The summed E-state index contributed by atoms with van der Waals surface area (Å²) < 4.78 is 5.74. The zero-order chi connectivity index (χ0) is 19.3. The molecule has 1 N–H and O–H groups in total. The fourth-order valence-electron chi connectivity index (χ4n) is 3.74. The molecule has 1 aliphatic rings. The van der Waals surface area contributed by atoms with E-state index in [0.29, 0.717) is 19.1 Å². The van der Waals surface area contributed by atoms with E-state index in [1.165, 1.54) is 57.8 Å². The van der Waals surface area contributed by atoms with Crippen molar-refractivity contribution < 1.29 is 9.53 Å². The first-order valence-electron chi connectivity index (χ1n) is 10.8. The number of carbonyl (C=O) groups excluding carboxylic acids is 1. The highest BCUT2D eigenvalue weighted by atomic mass is 35.5. The Morgan fingerprint density at radius 3 is 2.22 bits per heavy atom. The number of rotatable bonds is 6. The number of amides is 1. The van der Waals surface area contributed by atoms with Crippen molar-refractivity contribution in [2.45, 2.75) is 96.4 Å². The second-order valence-electron chi connectivity index (χ2n) is 7.89. The normalized spacial score (nSPS) is 17.6. The molecule has 3 nitrogen and oxygen atoms in total. The van der Waals surface area contributed by atoms with E-state index in [9.17, 15) is 4.79 Å². The SMILES string of the molecule is Cc1cc(OCCCC(=O)NC2CCCCCCCCCCC2)ccc1Cl. The average Bonchev–Trinajstić information content (AvgIpc) is 2.64. The quantitative estimate of drug-likeness (QED) is 0.553. The number of hydrogen-bond acceptors (Lipinski definition) is 2. The second kappa shape index (κ2) is 13.0. The van der Waals surface area contributed by atoms with E-state index >= 15 is 0 Å². The Morgan fingerprint density at radius 1 is 1.04 bits per heavy atom. The van der Waals surface area contributed by atoms with Crippen molar-refractivity contribution in [1.82, 2.24) is 5.32 Å². The fourth-order valence-corrected chi connectivity index (χ4v) is 3.85. The molecule has 0 aliphatic heterocycles. The van der Waals surface area contributed by atoms with Crippen LogP contribution in [0, 0.1) is 6.92 Å². The highest BCUT2D eigenvalue weighted by molar-refractivity contribution is 6.31. The Morgan fingerprint density at radius 2 is 1.63 bits per heavy atom. The third kappa shape index (κ3) is 9.51. The number of benzene rings is 1. The summed E-state index contributed by atoms with van der Waals surface area (Å²) in [4.78, 5) is 12.3. The fraction of sp³-hybridized carbons (Fsp3) is 0.696. The summed E-state index contributed by atoms with van der Waals surface area (Å²) in [6.45, 7) is 2.52. The largest absolute Gasteiger partial charge is 0.494 e. The van der Waals surface area contributed by atoms with E-state index in [4.69, 9.17) is 16.3 Å². The van der Waals surface area contributed by atoms with Gasteiger partial charge >= 0.3 is 0 Å². The van der Waals surface area contributed by atoms with E-state index < -0.39 is 0 Å². The number of hydrogen-bond donors (Lipinski definition) is 1. The predicted octanol–water partition coefficient (Wildman–Crippen LogP) is 6.60. The third-order valence-electron chi connectivity index (χ3n) is 5.42. The van der Waals surface area contributed by atoms with Crippen molar-refractivity contribution >= 4 is 17.5 Å². The first-order valence-corrected chi connectivity index (χ1v) is 11.2. The van der Waals surface area contributed by atoms with E-state index in [1.54, 1.807) is 0 Å². The summed E-state index contributed by atoms with van der Waals surface area (Å²) in [5, 5.41) is 4.02. The Kier molecular flexibility index (Phi) is 10.7. The van der Waals surface area contributed by atoms with Crippen LogP contribution < -0.4 is 10.1 Å². The Bertz CT molecular complexity index is 549. The predicted molar refractivity (Wildman–Crippen MR) is 114 cm³/mol. The topological polar surface area (TPSA) is 38.3 Å². The molecule has 1 aliphatic carbocycles. The zero-order valence-electron chi connectivity index (χ0n) is 16.9. The number of aryl methyl sites for hydroxylation is 1. The van der Waals surface area contributed by atoms with Crippen LogP contribution in [0.15, 0.2) is 18.2 Å². The van der Waals surface area contributed by atoms with Crippen molar-refractivity contribution in [3.63, 3.8) is 0 Å². The van der Waals surface area contributed by atoms with Gasteiger partial charge in [0.15, 0.2) is 0 Å². The van der Waals surface area contributed by atoms with Gasteiger partial charge in [-0.2, -0.15) is 0 Å². The molecule has 1 aromatic carbocycles. The van der Waals surface area contributed by atoms with Crippen LogP contribution in [0.5, 0.6) is 5.75 Å². The van der Waals surface area contributed by atoms with Crippen molar-refractivity contribution in [3.05, 3.63) is 28.8 Å². The molecule has 2 rings (SSSR count). The van der Waals surface area contributed by atoms with Crippen LogP contribution in [0.4, 0.5) is 0 Å². The molecular formula is C23H36ClNO2. The van der Waals surface area contributed by atoms with Crippen LogP contribution in [0.3, 0.4) is 0 Å². The maximum Gasteiger partial charge on any atom is 0.220 e. The van der Waals surface area contributed by atoms with Crippen LogP contribution in [0.2, 0.25) is 5.02 Å². The van der Waals surface area contributed by atoms with Crippen LogP contribution in [-0.2, 0) is 4.79 Å². The summed E-state index contributed by atoms with van der Waals surface area (Å²) in [5.74, 6) is 0.986. The summed E-state index contributed by atoms with van der Waals surface area (Å²) >= 11 is 6.03. The summed E-state index contributed by atoms with van der Waals surface area (Å²) in [6, 6.07) is 6.02.